The molecule has 0 unspecified atom stereocenters. The van der Waals surface area contributed by atoms with Gasteiger partial charge < -0.3 is 14.2 Å². The van der Waals surface area contributed by atoms with E-state index in [1.54, 1.807) is 12.0 Å². The van der Waals surface area contributed by atoms with Gasteiger partial charge >= 0.3 is 0 Å². The number of aromatic nitrogens is 5. The zero-order chi connectivity index (χ0) is 24.1. The Bertz CT molecular complexity index is 1270. The van der Waals surface area contributed by atoms with E-state index in [2.05, 4.69) is 20.3 Å². The maximum atomic E-state index is 12.9. The summed E-state index contributed by atoms with van der Waals surface area (Å²) < 4.78 is 12.5. The quantitative estimate of drug-likeness (QED) is 0.325. The second kappa shape index (κ2) is 10.5. The van der Waals surface area contributed by atoms with Gasteiger partial charge in [0.15, 0.2) is 5.16 Å². The summed E-state index contributed by atoms with van der Waals surface area (Å²) in [7, 11) is 1.62. The first-order chi connectivity index (χ1) is 16.5. The van der Waals surface area contributed by atoms with Gasteiger partial charge in [0.1, 0.15) is 5.75 Å². The molecule has 10 heteroatoms. The molecule has 0 atom stereocenters. The topological polar surface area (TPSA) is 99.2 Å². The number of hydrogen-bond acceptors (Lipinski definition) is 8. The van der Waals surface area contributed by atoms with Crippen molar-refractivity contribution in [3.63, 3.8) is 0 Å². The third-order valence-corrected chi connectivity index (χ3v) is 6.21. The molecule has 0 spiro atoms. The summed E-state index contributed by atoms with van der Waals surface area (Å²) in [5.41, 5.74) is 2.80. The normalized spacial score (nSPS) is 10.9. The molecule has 4 rings (SSSR count). The lowest BCUT2D eigenvalue weighted by Gasteiger charge is -2.21. The van der Waals surface area contributed by atoms with Crippen molar-refractivity contribution in [3.8, 4) is 28.9 Å². The van der Waals surface area contributed by atoms with Crippen LogP contribution in [-0.4, -0.2) is 50.2 Å². The van der Waals surface area contributed by atoms with Crippen LogP contribution in [0.5, 0.6) is 5.75 Å². The fraction of sp³-hybridized carbons (Fsp3) is 0.292. The number of benzene rings is 2. The molecule has 2 heterocycles. The Kier molecular flexibility index (Phi) is 7.27. The van der Waals surface area contributed by atoms with Crippen LogP contribution in [-0.2, 0) is 11.3 Å². The van der Waals surface area contributed by atoms with Crippen LogP contribution < -0.4 is 9.64 Å². The van der Waals surface area contributed by atoms with Crippen molar-refractivity contribution in [2.45, 2.75) is 32.5 Å². The molecule has 2 aromatic carbocycles. The fourth-order valence-electron chi connectivity index (χ4n) is 3.51. The lowest BCUT2D eigenvalue weighted by molar-refractivity contribution is -0.116. The molecule has 0 saturated heterocycles. The average molecular weight is 479 g/mol. The highest BCUT2D eigenvalue weighted by Crippen LogP contribution is 2.27. The van der Waals surface area contributed by atoms with Crippen molar-refractivity contribution in [1.82, 2.24) is 24.9 Å². The average Bonchev–Trinajstić information content (AvgIpc) is 3.50. The Labute approximate surface area is 202 Å². The minimum Gasteiger partial charge on any atom is -0.497 e. The predicted molar refractivity (Wildman–Crippen MR) is 131 cm³/mol. The molecular weight excluding hydrogens is 452 g/mol. The first-order valence-electron chi connectivity index (χ1n) is 11.0. The minimum atomic E-state index is 0.00452. The molecule has 0 aliphatic carbocycles. The van der Waals surface area contributed by atoms with Gasteiger partial charge in [0.2, 0.25) is 17.6 Å². The molecule has 0 aliphatic rings. The monoisotopic (exact) mass is 478 g/mol. The third-order valence-electron chi connectivity index (χ3n) is 5.25. The van der Waals surface area contributed by atoms with Crippen LogP contribution in [0.2, 0.25) is 0 Å². The Hall–Kier alpha value is -3.66. The van der Waals surface area contributed by atoms with Crippen molar-refractivity contribution in [2.75, 3.05) is 24.3 Å². The van der Waals surface area contributed by atoms with E-state index in [0.29, 0.717) is 29.9 Å². The van der Waals surface area contributed by atoms with Crippen LogP contribution >= 0.6 is 11.8 Å². The van der Waals surface area contributed by atoms with Gasteiger partial charge in [-0.2, -0.15) is 4.98 Å². The molecule has 0 N–H and O–H groups in total. The molecule has 0 saturated carbocycles. The molecule has 34 heavy (non-hydrogen) atoms. The summed E-state index contributed by atoms with van der Waals surface area (Å²) in [5, 5.41) is 13.2. The number of nitrogens with zero attached hydrogens (tertiary/aromatic N) is 6. The smallest absolute Gasteiger partial charge is 0.296 e. The molecule has 2 aromatic heterocycles. The molecule has 9 nitrogen and oxygen atoms in total. The number of hydrogen-bond donors (Lipinski definition) is 0. The zero-order valence-electron chi connectivity index (χ0n) is 19.6. The number of amides is 1. The van der Waals surface area contributed by atoms with Crippen molar-refractivity contribution in [3.05, 3.63) is 54.1 Å². The van der Waals surface area contributed by atoms with E-state index in [1.807, 2.05) is 73.9 Å². The second-order valence-corrected chi connectivity index (χ2v) is 8.41. The zero-order valence-corrected chi connectivity index (χ0v) is 20.4. The van der Waals surface area contributed by atoms with E-state index in [4.69, 9.17) is 9.26 Å². The molecule has 0 aliphatic heterocycles. The fourth-order valence-corrected chi connectivity index (χ4v) is 4.39. The van der Waals surface area contributed by atoms with E-state index in [9.17, 15) is 4.79 Å². The van der Waals surface area contributed by atoms with Crippen LogP contribution in [0.4, 0.5) is 5.69 Å². The predicted octanol–water partition coefficient (Wildman–Crippen LogP) is 4.48. The van der Waals surface area contributed by atoms with Gasteiger partial charge in [-0.15, -0.1) is 10.2 Å². The standard InChI is InChI=1S/C24H26N6O3S/c1-5-29(18-9-7-8-16(3)14-18)20(31)15-34-24-27-26-22(30(24)6-2)23-25-21(28-33-23)17-10-12-19(32-4)13-11-17/h7-14H,5-6,15H2,1-4H3. The van der Waals surface area contributed by atoms with Gasteiger partial charge in [-0.3, -0.25) is 9.36 Å². The summed E-state index contributed by atoms with van der Waals surface area (Å²) in [4.78, 5) is 19.2. The van der Waals surface area contributed by atoms with Crippen molar-refractivity contribution in [1.29, 1.82) is 0 Å². The summed E-state index contributed by atoms with van der Waals surface area (Å²) in [6.45, 7) is 7.14. The highest BCUT2D eigenvalue weighted by Gasteiger charge is 2.21. The van der Waals surface area contributed by atoms with Crippen LogP contribution in [0.15, 0.2) is 58.2 Å². The Morgan fingerprint density at radius 3 is 2.62 bits per heavy atom. The minimum absolute atomic E-state index is 0.00452. The van der Waals surface area contributed by atoms with Gasteiger partial charge in [-0.1, -0.05) is 29.1 Å². The van der Waals surface area contributed by atoms with Crippen molar-refractivity contribution < 1.29 is 14.1 Å². The number of carbonyl (C=O) groups is 1. The molecule has 0 radical (unpaired) electrons. The number of carbonyl (C=O) groups excluding carboxylic acids is 1. The summed E-state index contributed by atoms with van der Waals surface area (Å²) in [6.07, 6.45) is 0. The van der Waals surface area contributed by atoms with E-state index >= 15 is 0 Å². The first-order valence-corrected chi connectivity index (χ1v) is 11.9. The van der Waals surface area contributed by atoms with E-state index in [1.165, 1.54) is 11.8 Å². The molecule has 176 valence electrons. The highest BCUT2D eigenvalue weighted by molar-refractivity contribution is 7.99. The van der Waals surface area contributed by atoms with E-state index in [-0.39, 0.29) is 17.6 Å². The lowest BCUT2D eigenvalue weighted by Crippen LogP contribution is -2.32. The Morgan fingerprint density at radius 2 is 1.94 bits per heavy atom. The molecule has 0 fully saturated rings. The van der Waals surface area contributed by atoms with Crippen LogP contribution in [0.25, 0.3) is 23.1 Å². The van der Waals surface area contributed by atoms with Crippen LogP contribution in [0.1, 0.15) is 19.4 Å². The van der Waals surface area contributed by atoms with Crippen molar-refractivity contribution in [2.24, 2.45) is 0 Å². The maximum absolute atomic E-state index is 12.9. The lowest BCUT2D eigenvalue weighted by atomic mass is 10.2. The summed E-state index contributed by atoms with van der Waals surface area (Å²) in [6, 6.07) is 15.3. The Balaban J connectivity index is 1.49. The van der Waals surface area contributed by atoms with Gasteiger partial charge in [0, 0.05) is 24.3 Å². The van der Waals surface area contributed by atoms with Crippen LogP contribution in [0, 0.1) is 6.92 Å². The summed E-state index contributed by atoms with van der Waals surface area (Å²) in [5.74, 6) is 2.18. The van der Waals surface area contributed by atoms with E-state index in [0.717, 1.165) is 22.6 Å². The van der Waals surface area contributed by atoms with E-state index < -0.39 is 0 Å². The largest absolute Gasteiger partial charge is 0.497 e. The Morgan fingerprint density at radius 1 is 1.15 bits per heavy atom. The first kappa shape index (κ1) is 23.5. The summed E-state index contributed by atoms with van der Waals surface area (Å²) >= 11 is 1.34. The SMILES string of the molecule is CCN(C(=O)CSc1nnc(-c2nc(-c3ccc(OC)cc3)no2)n1CC)c1cccc(C)c1. The molecule has 0 bridgehead atoms. The van der Waals surface area contributed by atoms with Crippen molar-refractivity contribution >= 4 is 23.4 Å². The molecule has 4 aromatic rings. The number of methoxy groups -OCH3 is 1. The van der Waals surface area contributed by atoms with Gasteiger partial charge in [0.05, 0.1) is 12.9 Å². The maximum Gasteiger partial charge on any atom is 0.296 e. The molecular formula is C24H26N6O3S. The van der Waals surface area contributed by atoms with Crippen LogP contribution in [0.3, 0.4) is 0 Å². The number of rotatable bonds is 9. The van der Waals surface area contributed by atoms with Gasteiger partial charge in [-0.25, -0.2) is 0 Å². The number of ether oxygens (including phenoxy) is 1. The number of thioether (sulfide) groups is 1. The highest BCUT2D eigenvalue weighted by atomic mass is 32.2. The van der Waals surface area contributed by atoms with Gasteiger partial charge in [0.25, 0.3) is 5.89 Å². The third kappa shape index (κ3) is 4.96. The number of aryl methyl sites for hydroxylation is 1. The molecule has 1 amide bonds. The number of anilines is 1. The second-order valence-electron chi connectivity index (χ2n) is 7.47. The van der Waals surface area contributed by atoms with Gasteiger partial charge in [-0.05, 0) is 62.7 Å².